The summed E-state index contributed by atoms with van der Waals surface area (Å²) in [6.45, 7) is 1.65. The van der Waals surface area contributed by atoms with Crippen LogP contribution in [0, 0.1) is 5.82 Å². The van der Waals surface area contributed by atoms with Crippen molar-refractivity contribution < 1.29 is 22.7 Å². The molecule has 0 amide bonds. The first-order valence-electron chi connectivity index (χ1n) is 7.08. The Morgan fingerprint density at radius 3 is 2.71 bits per heavy atom. The summed E-state index contributed by atoms with van der Waals surface area (Å²) in [5.74, 6) is -2.07. The second-order valence-corrected chi connectivity index (χ2v) is 7.25. The molecule has 1 atom stereocenters. The number of pyridine rings is 1. The van der Waals surface area contributed by atoms with Crippen LogP contribution in [0.4, 0.5) is 4.39 Å². The number of halogens is 1. The van der Waals surface area contributed by atoms with Crippen molar-refractivity contribution in [2.75, 3.05) is 0 Å². The first kappa shape index (κ1) is 16.3. The van der Waals surface area contributed by atoms with E-state index in [4.69, 9.17) is 5.11 Å². The fraction of sp³-hybridized carbons (Fsp3) is 0.188. The fourth-order valence-corrected chi connectivity index (χ4v) is 4.27. The maximum absolute atomic E-state index is 14.5. The predicted octanol–water partition coefficient (Wildman–Crippen LogP) is 0.701. The molecule has 0 bridgehead atoms. The van der Waals surface area contributed by atoms with Crippen molar-refractivity contribution in [2.45, 2.75) is 29.2 Å². The highest BCUT2D eigenvalue weighted by atomic mass is 32.2. The van der Waals surface area contributed by atoms with Crippen LogP contribution in [0.5, 0.6) is 0 Å². The number of nitrogens with zero attached hydrogens (tertiary/aromatic N) is 2. The molecule has 8 heteroatoms. The van der Waals surface area contributed by atoms with Gasteiger partial charge in [-0.2, -0.15) is 0 Å². The maximum Gasteiger partial charge on any atom is 0.307 e. The second kappa shape index (κ2) is 5.79. The molecule has 3 rings (SSSR count). The quantitative estimate of drug-likeness (QED) is 0.877. The molecule has 0 aliphatic carbocycles. The minimum absolute atomic E-state index is 0.0498. The number of sulfone groups is 1. The normalized spacial score (nSPS) is 16.6. The molecule has 0 spiro atoms. The molecule has 1 aromatic carbocycles. The molecule has 0 radical (unpaired) electrons. The van der Waals surface area contributed by atoms with E-state index in [1.54, 1.807) is 6.92 Å². The van der Waals surface area contributed by atoms with E-state index in [0.717, 1.165) is 12.3 Å². The maximum atomic E-state index is 14.5. The summed E-state index contributed by atoms with van der Waals surface area (Å²) in [6, 6.07) is 4.61. The summed E-state index contributed by atoms with van der Waals surface area (Å²) in [4.78, 5) is 18.4. The van der Waals surface area contributed by atoms with E-state index in [1.165, 1.54) is 24.4 Å². The average molecular weight is 348 g/mol. The van der Waals surface area contributed by atoms with Crippen LogP contribution in [-0.4, -0.2) is 30.5 Å². The summed E-state index contributed by atoms with van der Waals surface area (Å²) in [5.41, 5.74) is 0.277. The van der Waals surface area contributed by atoms with E-state index in [9.17, 15) is 17.6 Å². The van der Waals surface area contributed by atoms with E-state index in [2.05, 4.69) is 9.98 Å². The number of aromatic nitrogens is 1. The third-order valence-electron chi connectivity index (χ3n) is 3.80. The molecule has 2 aromatic rings. The molecule has 0 saturated carbocycles. The van der Waals surface area contributed by atoms with Crippen molar-refractivity contribution in [1.29, 1.82) is 0 Å². The molecule has 6 nitrogen and oxygen atoms in total. The lowest BCUT2D eigenvalue weighted by molar-refractivity contribution is -0.135. The largest absolute Gasteiger partial charge is 0.481 e. The monoisotopic (exact) mass is 348 g/mol. The Labute approximate surface area is 136 Å². The van der Waals surface area contributed by atoms with Gasteiger partial charge in [0, 0.05) is 17.6 Å². The topological polar surface area (TPSA) is 96.7 Å². The number of hydrogen-bond donors (Lipinski definition) is 1. The van der Waals surface area contributed by atoms with Crippen molar-refractivity contribution in [3.63, 3.8) is 0 Å². The van der Waals surface area contributed by atoms with Crippen LogP contribution in [0.15, 0.2) is 51.4 Å². The van der Waals surface area contributed by atoms with Gasteiger partial charge in [0.25, 0.3) is 0 Å². The molecule has 2 heterocycles. The molecule has 1 aliphatic rings. The van der Waals surface area contributed by atoms with Gasteiger partial charge in [-0.3, -0.25) is 14.8 Å². The minimum Gasteiger partial charge on any atom is -0.481 e. The molecule has 1 aromatic heterocycles. The molecule has 1 aliphatic heterocycles. The number of aliphatic carboxylic acids is 1. The highest BCUT2D eigenvalue weighted by Gasteiger charge is 2.29. The zero-order valence-electron chi connectivity index (χ0n) is 12.6. The van der Waals surface area contributed by atoms with Crippen LogP contribution < -0.4 is 10.6 Å². The summed E-state index contributed by atoms with van der Waals surface area (Å²) < 4.78 is 40.2. The van der Waals surface area contributed by atoms with Gasteiger partial charge in [-0.1, -0.05) is 0 Å². The Bertz CT molecular complexity index is 1050. The number of hydrogen-bond acceptors (Lipinski definition) is 5. The molecule has 0 saturated heterocycles. The van der Waals surface area contributed by atoms with Crippen LogP contribution in [0.25, 0.3) is 5.57 Å². The van der Waals surface area contributed by atoms with Crippen LogP contribution in [-0.2, 0) is 14.6 Å². The second-order valence-electron chi connectivity index (χ2n) is 5.36. The standard InChI is InChI=1S/C16H13FN2O4S/c1-9-11(7-14(20)21)15-13(19-9)5-4-12(17)16(15)24(22,23)10-3-2-6-18-8-10/h2-6,8-9H,7H2,1H3,(H,20,21). The number of fused-ring (bicyclic) bond motifs is 1. The van der Waals surface area contributed by atoms with Gasteiger partial charge >= 0.3 is 5.97 Å². The highest BCUT2D eigenvalue weighted by Crippen LogP contribution is 2.22. The van der Waals surface area contributed by atoms with Crippen LogP contribution >= 0.6 is 0 Å². The highest BCUT2D eigenvalue weighted by molar-refractivity contribution is 7.91. The summed E-state index contributed by atoms with van der Waals surface area (Å²) in [5, 5.41) is 9.41. The van der Waals surface area contributed by atoms with Gasteiger partial charge in [0.15, 0.2) is 0 Å². The van der Waals surface area contributed by atoms with Crippen molar-refractivity contribution in [2.24, 2.45) is 4.99 Å². The lowest BCUT2D eigenvalue weighted by Gasteiger charge is -2.09. The number of carboxylic acids is 1. The first-order chi connectivity index (χ1) is 11.3. The van der Waals surface area contributed by atoms with E-state index >= 15 is 0 Å². The number of carboxylic acid groups (broad SMARTS) is 1. The lowest BCUT2D eigenvalue weighted by atomic mass is 10.0. The van der Waals surface area contributed by atoms with Crippen LogP contribution in [0.3, 0.4) is 0 Å². The van der Waals surface area contributed by atoms with Gasteiger partial charge in [-0.15, -0.1) is 0 Å². The van der Waals surface area contributed by atoms with Crippen LogP contribution in [0.2, 0.25) is 0 Å². The Morgan fingerprint density at radius 2 is 2.08 bits per heavy atom. The zero-order chi connectivity index (χ0) is 17.5. The van der Waals surface area contributed by atoms with Crippen molar-refractivity contribution in [1.82, 2.24) is 4.98 Å². The predicted molar refractivity (Wildman–Crippen MR) is 82.0 cm³/mol. The third kappa shape index (κ3) is 2.58. The van der Waals surface area contributed by atoms with Crippen molar-refractivity contribution in [3.05, 3.63) is 53.1 Å². The van der Waals surface area contributed by atoms with Gasteiger partial charge in [0.1, 0.15) is 10.7 Å². The van der Waals surface area contributed by atoms with E-state index in [1.807, 2.05) is 0 Å². The van der Waals surface area contributed by atoms with E-state index in [-0.39, 0.29) is 21.0 Å². The smallest absolute Gasteiger partial charge is 0.307 e. The van der Waals surface area contributed by atoms with Gasteiger partial charge < -0.3 is 5.11 Å². The Kier molecular flexibility index (Phi) is 3.92. The van der Waals surface area contributed by atoms with E-state index < -0.39 is 39.0 Å². The molecular weight excluding hydrogens is 335 g/mol. The fourth-order valence-electron chi connectivity index (χ4n) is 2.75. The third-order valence-corrected chi connectivity index (χ3v) is 5.60. The van der Waals surface area contributed by atoms with Crippen molar-refractivity contribution >= 4 is 21.4 Å². The Balaban J connectivity index is 2.41. The van der Waals surface area contributed by atoms with Gasteiger partial charge in [0.05, 0.1) is 22.7 Å². The number of carbonyl (C=O) groups is 1. The van der Waals surface area contributed by atoms with Gasteiger partial charge in [-0.05, 0) is 36.8 Å². The van der Waals surface area contributed by atoms with Crippen LogP contribution in [0.1, 0.15) is 13.3 Å². The molecule has 24 heavy (non-hydrogen) atoms. The Morgan fingerprint density at radius 1 is 1.33 bits per heavy atom. The minimum atomic E-state index is -4.20. The molecular formula is C16H13FN2O4S. The van der Waals surface area contributed by atoms with Gasteiger partial charge in [0.2, 0.25) is 9.84 Å². The SMILES string of the molecule is CC1N=c2ccc(F)c(S(=O)(=O)c3cccnc3)c2=C1CC(=O)O. The summed E-state index contributed by atoms with van der Waals surface area (Å²) >= 11 is 0. The van der Waals surface area contributed by atoms with Crippen molar-refractivity contribution in [3.8, 4) is 0 Å². The average Bonchev–Trinajstić information content (AvgIpc) is 2.83. The summed E-state index contributed by atoms with van der Waals surface area (Å²) in [7, 11) is -4.20. The molecule has 1 N–H and O–H groups in total. The molecule has 1 unspecified atom stereocenters. The number of rotatable bonds is 4. The number of benzene rings is 1. The lowest BCUT2D eigenvalue weighted by Crippen LogP contribution is -2.32. The first-order valence-corrected chi connectivity index (χ1v) is 8.57. The van der Waals surface area contributed by atoms with Gasteiger partial charge in [-0.25, -0.2) is 12.8 Å². The summed E-state index contributed by atoms with van der Waals surface area (Å²) in [6.07, 6.45) is 2.13. The molecule has 124 valence electrons. The zero-order valence-corrected chi connectivity index (χ0v) is 13.4. The van der Waals surface area contributed by atoms with E-state index in [0.29, 0.717) is 0 Å². The Hall–Kier alpha value is -2.61. The molecule has 0 fully saturated rings.